The summed E-state index contributed by atoms with van der Waals surface area (Å²) in [5.41, 5.74) is 0. The molecule has 12 heavy (non-hydrogen) atoms. The highest BCUT2D eigenvalue weighted by Gasteiger charge is 2.23. The Morgan fingerprint density at radius 2 is 2.50 bits per heavy atom. The molecule has 1 heterocycles. The van der Waals surface area contributed by atoms with Crippen LogP contribution in [-0.2, 0) is 4.79 Å². The number of aliphatic hydroxyl groups excluding tert-OH is 1. The van der Waals surface area contributed by atoms with Crippen LogP contribution >= 0.6 is 0 Å². The van der Waals surface area contributed by atoms with Crippen LogP contribution in [0.5, 0.6) is 0 Å². The van der Waals surface area contributed by atoms with E-state index in [1.54, 1.807) is 11.0 Å². The fourth-order valence-electron chi connectivity index (χ4n) is 1.35. The second-order valence-corrected chi connectivity index (χ2v) is 3.11. The van der Waals surface area contributed by atoms with E-state index in [1.807, 2.05) is 0 Å². The molecule has 0 spiro atoms. The summed E-state index contributed by atoms with van der Waals surface area (Å²) in [5, 5.41) is 9.16. The second-order valence-electron chi connectivity index (χ2n) is 3.11. The molecule has 3 nitrogen and oxygen atoms in total. The smallest absolute Gasteiger partial charge is 0.222 e. The van der Waals surface area contributed by atoms with Crippen LogP contribution in [0.3, 0.4) is 0 Å². The van der Waals surface area contributed by atoms with Crippen molar-refractivity contribution in [2.45, 2.75) is 25.4 Å². The SMILES string of the molecule is C=CCCC(=O)N1CC[C@@H](O)C1. The summed E-state index contributed by atoms with van der Waals surface area (Å²) in [6, 6.07) is 0. The van der Waals surface area contributed by atoms with Gasteiger partial charge >= 0.3 is 0 Å². The number of carbonyl (C=O) groups excluding carboxylic acids is 1. The van der Waals surface area contributed by atoms with E-state index in [0.717, 1.165) is 12.8 Å². The Labute approximate surface area is 72.7 Å². The van der Waals surface area contributed by atoms with Gasteiger partial charge in [-0.2, -0.15) is 0 Å². The minimum atomic E-state index is -0.308. The first-order chi connectivity index (χ1) is 5.74. The Morgan fingerprint density at radius 3 is 3.00 bits per heavy atom. The van der Waals surface area contributed by atoms with E-state index < -0.39 is 0 Å². The van der Waals surface area contributed by atoms with Crippen molar-refractivity contribution in [3.05, 3.63) is 12.7 Å². The molecule has 0 aromatic carbocycles. The van der Waals surface area contributed by atoms with Crippen molar-refractivity contribution in [1.29, 1.82) is 0 Å². The fourth-order valence-corrected chi connectivity index (χ4v) is 1.35. The van der Waals surface area contributed by atoms with E-state index in [2.05, 4.69) is 6.58 Å². The van der Waals surface area contributed by atoms with Gasteiger partial charge in [0.25, 0.3) is 0 Å². The summed E-state index contributed by atoms with van der Waals surface area (Å²) in [5.74, 6) is 0.131. The summed E-state index contributed by atoms with van der Waals surface area (Å²) < 4.78 is 0. The monoisotopic (exact) mass is 169 g/mol. The summed E-state index contributed by atoms with van der Waals surface area (Å²) in [4.78, 5) is 13.0. The minimum absolute atomic E-state index is 0.131. The number of rotatable bonds is 3. The fraction of sp³-hybridized carbons (Fsp3) is 0.667. The van der Waals surface area contributed by atoms with Gasteiger partial charge in [-0.05, 0) is 12.8 Å². The summed E-state index contributed by atoms with van der Waals surface area (Å²) in [7, 11) is 0. The Balaban J connectivity index is 2.28. The standard InChI is InChI=1S/C9H15NO2/c1-2-3-4-9(12)10-6-5-8(11)7-10/h2,8,11H,1,3-7H2/t8-/m1/s1. The number of allylic oxidation sites excluding steroid dienone is 1. The Kier molecular flexibility index (Phi) is 3.29. The number of nitrogens with zero attached hydrogens (tertiary/aromatic N) is 1. The summed E-state index contributed by atoms with van der Waals surface area (Å²) in [6.45, 7) is 4.77. The third-order valence-electron chi connectivity index (χ3n) is 2.08. The van der Waals surface area contributed by atoms with Crippen molar-refractivity contribution < 1.29 is 9.90 Å². The molecule has 0 aromatic heterocycles. The zero-order chi connectivity index (χ0) is 8.97. The number of hydrogen-bond acceptors (Lipinski definition) is 2. The van der Waals surface area contributed by atoms with Gasteiger partial charge in [-0.25, -0.2) is 0 Å². The molecule has 3 heteroatoms. The summed E-state index contributed by atoms with van der Waals surface area (Å²) >= 11 is 0. The molecule has 1 saturated heterocycles. The first kappa shape index (κ1) is 9.26. The van der Waals surface area contributed by atoms with Gasteiger partial charge in [0.1, 0.15) is 0 Å². The quantitative estimate of drug-likeness (QED) is 0.627. The van der Waals surface area contributed by atoms with Gasteiger partial charge in [-0.15, -0.1) is 6.58 Å². The number of carbonyl (C=O) groups is 1. The van der Waals surface area contributed by atoms with E-state index in [1.165, 1.54) is 0 Å². The molecule has 0 aromatic rings. The molecule has 68 valence electrons. The molecule has 0 saturated carbocycles. The number of amides is 1. The van der Waals surface area contributed by atoms with Gasteiger partial charge < -0.3 is 10.0 Å². The van der Waals surface area contributed by atoms with Crippen molar-refractivity contribution in [2.75, 3.05) is 13.1 Å². The van der Waals surface area contributed by atoms with Gasteiger partial charge in [0.2, 0.25) is 5.91 Å². The predicted octanol–water partition coefficient (Wildman–Crippen LogP) is 0.546. The van der Waals surface area contributed by atoms with E-state index >= 15 is 0 Å². The molecule has 1 fully saturated rings. The lowest BCUT2D eigenvalue weighted by Gasteiger charge is -2.14. The van der Waals surface area contributed by atoms with Crippen LogP contribution in [0.4, 0.5) is 0 Å². The molecule has 0 radical (unpaired) electrons. The number of likely N-dealkylation sites (tertiary alicyclic amines) is 1. The van der Waals surface area contributed by atoms with Crippen LogP contribution in [0.1, 0.15) is 19.3 Å². The van der Waals surface area contributed by atoms with Gasteiger partial charge in [0.15, 0.2) is 0 Å². The van der Waals surface area contributed by atoms with Crippen LogP contribution in [0.25, 0.3) is 0 Å². The topological polar surface area (TPSA) is 40.5 Å². The molecule has 0 aliphatic carbocycles. The molecule has 1 aliphatic rings. The van der Waals surface area contributed by atoms with Crippen LogP contribution in [-0.4, -0.2) is 35.1 Å². The second kappa shape index (κ2) is 4.26. The molecule has 1 atom stereocenters. The van der Waals surface area contributed by atoms with Crippen LogP contribution < -0.4 is 0 Å². The average Bonchev–Trinajstić information content (AvgIpc) is 2.47. The first-order valence-electron chi connectivity index (χ1n) is 4.30. The van der Waals surface area contributed by atoms with Crippen molar-refractivity contribution in [3.8, 4) is 0 Å². The molecule has 0 bridgehead atoms. The maximum absolute atomic E-state index is 11.3. The molecule has 1 N–H and O–H groups in total. The highest BCUT2D eigenvalue weighted by molar-refractivity contribution is 5.76. The molecular weight excluding hydrogens is 154 g/mol. The Hall–Kier alpha value is -0.830. The normalized spacial score (nSPS) is 22.8. The van der Waals surface area contributed by atoms with Crippen molar-refractivity contribution in [3.63, 3.8) is 0 Å². The zero-order valence-corrected chi connectivity index (χ0v) is 7.20. The van der Waals surface area contributed by atoms with Crippen LogP contribution in [0.15, 0.2) is 12.7 Å². The Morgan fingerprint density at radius 1 is 1.75 bits per heavy atom. The third kappa shape index (κ3) is 2.34. The van der Waals surface area contributed by atoms with Gasteiger partial charge in [-0.1, -0.05) is 6.08 Å². The largest absolute Gasteiger partial charge is 0.391 e. The maximum atomic E-state index is 11.3. The molecule has 1 rings (SSSR count). The number of aliphatic hydroxyl groups is 1. The van der Waals surface area contributed by atoms with Gasteiger partial charge in [0.05, 0.1) is 6.10 Å². The number of hydrogen-bond donors (Lipinski definition) is 1. The highest BCUT2D eigenvalue weighted by atomic mass is 16.3. The first-order valence-corrected chi connectivity index (χ1v) is 4.30. The minimum Gasteiger partial charge on any atom is -0.391 e. The van der Waals surface area contributed by atoms with Gasteiger partial charge in [-0.3, -0.25) is 4.79 Å². The predicted molar refractivity (Wildman–Crippen MR) is 46.6 cm³/mol. The lowest BCUT2D eigenvalue weighted by molar-refractivity contribution is -0.130. The van der Waals surface area contributed by atoms with Crippen LogP contribution in [0, 0.1) is 0 Å². The van der Waals surface area contributed by atoms with Crippen molar-refractivity contribution in [1.82, 2.24) is 4.90 Å². The van der Waals surface area contributed by atoms with E-state index in [4.69, 9.17) is 5.11 Å². The molecular formula is C9H15NO2. The lowest BCUT2D eigenvalue weighted by Crippen LogP contribution is -2.29. The van der Waals surface area contributed by atoms with Crippen molar-refractivity contribution in [2.24, 2.45) is 0 Å². The molecule has 1 aliphatic heterocycles. The average molecular weight is 169 g/mol. The lowest BCUT2D eigenvalue weighted by atomic mass is 10.3. The molecule has 1 amide bonds. The summed E-state index contributed by atoms with van der Waals surface area (Å²) in [6.07, 6.45) is 3.41. The van der Waals surface area contributed by atoms with E-state index in [0.29, 0.717) is 19.5 Å². The van der Waals surface area contributed by atoms with E-state index in [9.17, 15) is 4.79 Å². The van der Waals surface area contributed by atoms with E-state index in [-0.39, 0.29) is 12.0 Å². The maximum Gasteiger partial charge on any atom is 0.222 e. The zero-order valence-electron chi connectivity index (χ0n) is 7.20. The van der Waals surface area contributed by atoms with Crippen molar-refractivity contribution >= 4 is 5.91 Å². The van der Waals surface area contributed by atoms with Gasteiger partial charge in [0, 0.05) is 19.5 Å². The molecule has 0 unspecified atom stereocenters. The number of β-amino-alcohol motifs (C(OH)–C–C–N with tert-alkyl or cyclic N) is 1. The van der Waals surface area contributed by atoms with Crippen LogP contribution in [0.2, 0.25) is 0 Å². The third-order valence-corrected chi connectivity index (χ3v) is 2.08. The Bertz CT molecular complexity index is 179. The highest BCUT2D eigenvalue weighted by Crippen LogP contribution is 2.10.